The van der Waals surface area contributed by atoms with E-state index >= 15 is 0 Å². The second-order valence-corrected chi connectivity index (χ2v) is 8.20. The quantitative estimate of drug-likeness (QED) is 0.729. The van der Waals surface area contributed by atoms with E-state index in [9.17, 15) is 4.79 Å². The van der Waals surface area contributed by atoms with Crippen LogP contribution in [0.3, 0.4) is 0 Å². The molecule has 1 saturated carbocycles. The fraction of sp³-hybridized carbons (Fsp3) is 0.733. The van der Waals surface area contributed by atoms with Gasteiger partial charge in [0.2, 0.25) is 0 Å². The van der Waals surface area contributed by atoms with Crippen LogP contribution in [-0.4, -0.2) is 39.5 Å². The zero-order chi connectivity index (χ0) is 15.2. The Bertz CT molecular complexity index is 540. The highest BCUT2D eigenvalue weighted by atomic mass is 127. The SMILES string of the molecule is CC(C)(C)OC(=O)N1CC(c2cc(I)nn2CC2CC2)C1. The van der Waals surface area contributed by atoms with E-state index in [0.29, 0.717) is 5.92 Å². The van der Waals surface area contributed by atoms with Crippen molar-refractivity contribution in [2.24, 2.45) is 5.92 Å². The van der Waals surface area contributed by atoms with Gasteiger partial charge in [0.25, 0.3) is 0 Å². The number of carbonyl (C=O) groups excluding carboxylic acids is 1. The average molecular weight is 403 g/mol. The molecule has 2 fully saturated rings. The van der Waals surface area contributed by atoms with Crippen LogP contribution in [0.15, 0.2) is 6.07 Å². The molecule has 0 bridgehead atoms. The number of carbonyl (C=O) groups is 1. The Morgan fingerprint density at radius 2 is 2.10 bits per heavy atom. The summed E-state index contributed by atoms with van der Waals surface area (Å²) in [6.45, 7) is 8.20. The van der Waals surface area contributed by atoms with Gasteiger partial charge in [-0.2, -0.15) is 5.10 Å². The van der Waals surface area contributed by atoms with Crippen molar-refractivity contribution in [3.05, 3.63) is 15.5 Å². The third kappa shape index (κ3) is 3.70. The van der Waals surface area contributed by atoms with Crippen molar-refractivity contribution in [1.82, 2.24) is 14.7 Å². The molecule has 0 spiro atoms. The molecule has 0 N–H and O–H groups in total. The van der Waals surface area contributed by atoms with E-state index in [2.05, 4.69) is 38.4 Å². The van der Waals surface area contributed by atoms with Crippen LogP contribution in [0, 0.1) is 9.62 Å². The molecule has 5 nitrogen and oxygen atoms in total. The number of nitrogens with zero attached hydrogens (tertiary/aromatic N) is 3. The fourth-order valence-corrected chi connectivity index (χ4v) is 3.14. The molecule has 1 aliphatic carbocycles. The second kappa shape index (κ2) is 5.44. The van der Waals surface area contributed by atoms with Gasteiger partial charge in [0, 0.05) is 31.2 Å². The molecule has 0 unspecified atom stereocenters. The first-order chi connectivity index (χ1) is 9.82. The van der Waals surface area contributed by atoms with Gasteiger partial charge in [-0.25, -0.2) is 4.79 Å². The molecule has 3 rings (SSSR count). The molecule has 1 amide bonds. The third-order valence-corrected chi connectivity index (χ3v) is 4.39. The highest BCUT2D eigenvalue weighted by Crippen LogP contribution is 2.34. The lowest BCUT2D eigenvalue weighted by Gasteiger charge is -2.39. The Kier molecular flexibility index (Phi) is 3.92. The lowest BCUT2D eigenvalue weighted by molar-refractivity contribution is 0.00747. The van der Waals surface area contributed by atoms with E-state index in [0.717, 1.165) is 29.3 Å². The van der Waals surface area contributed by atoms with Crippen molar-refractivity contribution in [1.29, 1.82) is 0 Å². The Morgan fingerprint density at radius 3 is 2.67 bits per heavy atom. The predicted molar refractivity (Wildman–Crippen MR) is 88.2 cm³/mol. The summed E-state index contributed by atoms with van der Waals surface area (Å²) in [6, 6.07) is 2.15. The highest BCUT2D eigenvalue weighted by molar-refractivity contribution is 14.1. The number of hydrogen-bond donors (Lipinski definition) is 0. The lowest BCUT2D eigenvalue weighted by Crippen LogP contribution is -2.50. The maximum atomic E-state index is 12.0. The van der Waals surface area contributed by atoms with Crippen molar-refractivity contribution in [2.75, 3.05) is 13.1 Å². The molecule has 116 valence electrons. The van der Waals surface area contributed by atoms with Crippen LogP contribution in [0.4, 0.5) is 4.79 Å². The first-order valence-electron chi connectivity index (χ1n) is 7.53. The molecule has 1 saturated heterocycles. The van der Waals surface area contributed by atoms with Gasteiger partial charge >= 0.3 is 6.09 Å². The van der Waals surface area contributed by atoms with E-state index in [1.54, 1.807) is 4.90 Å². The van der Waals surface area contributed by atoms with Gasteiger partial charge < -0.3 is 9.64 Å². The molecule has 6 heteroatoms. The maximum absolute atomic E-state index is 12.0. The van der Waals surface area contributed by atoms with Crippen LogP contribution in [0.2, 0.25) is 0 Å². The van der Waals surface area contributed by atoms with Crippen LogP contribution in [0.25, 0.3) is 0 Å². The molecule has 2 aliphatic rings. The average Bonchev–Trinajstić information content (AvgIpc) is 2.99. The van der Waals surface area contributed by atoms with Crippen molar-refractivity contribution in [3.8, 4) is 0 Å². The highest BCUT2D eigenvalue weighted by Gasteiger charge is 2.37. The van der Waals surface area contributed by atoms with Crippen LogP contribution in [0.1, 0.15) is 45.2 Å². The number of likely N-dealkylation sites (tertiary alicyclic amines) is 1. The molecule has 21 heavy (non-hydrogen) atoms. The summed E-state index contributed by atoms with van der Waals surface area (Å²) in [5.74, 6) is 1.20. The summed E-state index contributed by atoms with van der Waals surface area (Å²) in [6.07, 6.45) is 2.44. The number of rotatable bonds is 3. The number of aromatic nitrogens is 2. The largest absolute Gasteiger partial charge is 0.444 e. The van der Waals surface area contributed by atoms with Crippen molar-refractivity contribution in [3.63, 3.8) is 0 Å². The van der Waals surface area contributed by atoms with Crippen LogP contribution in [0.5, 0.6) is 0 Å². The zero-order valence-corrected chi connectivity index (χ0v) is 15.0. The molecule has 1 aromatic heterocycles. The monoisotopic (exact) mass is 403 g/mol. The molecular weight excluding hydrogens is 381 g/mol. The Labute approximate surface area is 139 Å². The van der Waals surface area contributed by atoms with Gasteiger partial charge in [0.05, 0.1) is 0 Å². The normalized spacial score (nSPS) is 19.5. The standard InChI is InChI=1S/C15H22IN3O2/c1-15(2,3)21-14(20)18-8-11(9-18)12-6-13(16)17-19(12)7-10-4-5-10/h6,10-11H,4-5,7-9H2,1-3H3. The minimum atomic E-state index is -0.425. The van der Waals surface area contributed by atoms with Crippen LogP contribution >= 0.6 is 22.6 Å². The van der Waals surface area contributed by atoms with Crippen LogP contribution in [-0.2, 0) is 11.3 Å². The Morgan fingerprint density at radius 1 is 1.43 bits per heavy atom. The summed E-state index contributed by atoms with van der Waals surface area (Å²) in [5.41, 5.74) is 0.844. The molecule has 2 heterocycles. The van der Waals surface area contributed by atoms with E-state index in [1.165, 1.54) is 18.5 Å². The van der Waals surface area contributed by atoms with Gasteiger partial charge in [-0.15, -0.1) is 0 Å². The van der Waals surface area contributed by atoms with Crippen molar-refractivity contribution in [2.45, 2.75) is 51.7 Å². The summed E-state index contributed by atoms with van der Waals surface area (Å²) < 4.78 is 8.59. The number of amides is 1. The first-order valence-corrected chi connectivity index (χ1v) is 8.61. The van der Waals surface area contributed by atoms with Gasteiger partial charge in [-0.3, -0.25) is 4.68 Å². The Balaban J connectivity index is 1.59. The topological polar surface area (TPSA) is 47.4 Å². The van der Waals surface area contributed by atoms with Gasteiger partial charge in [-0.1, -0.05) is 0 Å². The van der Waals surface area contributed by atoms with E-state index in [4.69, 9.17) is 4.74 Å². The summed E-state index contributed by atoms with van der Waals surface area (Å²) in [7, 11) is 0. The minimum Gasteiger partial charge on any atom is -0.444 e. The zero-order valence-electron chi connectivity index (χ0n) is 12.8. The number of ether oxygens (including phenoxy) is 1. The smallest absolute Gasteiger partial charge is 0.410 e. The van der Waals surface area contributed by atoms with Crippen LogP contribution < -0.4 is 0 Å². The Hall–Kier alpha value is -0.790. The van der Waals surface area contributed by atoms with E-state index < -0.39 is 5.60 Å². The van der Waals surface area contributed by atoms with E-state index in [-0.39, 0.29) is 6.09 Å². The van der Waals surface area contributed by atoms with Gasteiger partial charge in [-0.05, 0) is 68.2 Å². The third-order valence-electron chi connectivity index (χ3n) is 3.86. The lowest BCUT2D eigenvalue weighted by atomic mass is 9.97. The van der Waals surface area contributed by atoms with Gasteiger partial charge in [0.1, 0.15) is 9.30 Å². The predicted octanol–water partition coefficient (Wildman–Crippen LogP) is 3.23. The molecule has 0 aromatic carbocycles. The minimum absolute atomic E-state index is 0.207. The molecule has 1 aliphatic heterocycles. The summed E-state index contributed by atoms with van der Waals surface area (Å²) in [5, 5.41) is 4.59. The summed E-state index contributed by atoms with van der Waals surface area (Å²) >= 11 is 2.27. The van der Waals surface area contributed by atoms with E-state index in [1.807, 2.05) is 20.8 Å². The maximum Gasteiger partial charge on any atom is 0.410 e. The second-order valence-electron chi connectivity index (χ2n) is 7.10. The number of halogens is 1. The van der Waals surface area contributed by atoms with Crippen molar-refractivity contribution >= 4 is 28.7 Å². The fourth-order valence-electron chi connectivity index (χ4n) is 2.56. The molecule has 1 aromatic rings. The van der Waals surface area contributed by atoms with Gasteiger partial charge in [0.15, 0.2) is 0 Å². The molecular formula is C15H22IN3O2. The van der Waals surface area contributed by atoms with Crippen molar-refractivity contribution < 1.29 is 9.53 Å². The summed E-state index contributed by atoms with van der Waals surface area (Å²) in [4.78, 5) is 13.8. The molecule has 0 atom stereocenters. The molecule has 0 radical (unpaired) electrons. The number of hydrogen-bond acceptors (Lipinski definition) is 3. The first kappa shape index (κ1) is 15.1.